The molecule has 0 N–H and O–H groups in total. The van der Waals surface area contributed by atoms with Crippen molar-refractivity contribution in [2.75, 3.05) is 20.7 Å². The van der Waals surface area contributed by atoms with Gasteiger partial charge in [-0.3, -0.25) is 14.5 Å². The highest BCUT2D eigenvalue weighted by Gasteiger charge is 2.37. The zero-order chi connectivity index (χ0) is 18.8. The second kappa shape index (κ2) is 7.31. The normalized spacial score (nSPS) is 15.9. The monoisotopic (exact) mass is 390 g/mol. The fraction of sp³-hybridized carbons (Fsp3) is 0.167. The maximum absolute atomic E-state index is 12.4. The van der Waals surface area contributed by atoms with E-state index in [1.54, 1.807) is 37.4 Å². The SMILES string of the molecule is COC(=O)CN1C(=S)N(C)C(=O)/C1=C/c1ccc(-c2ccc(Cl)cc2)o1. The van der Waals surface area contributed by atoms with E-state index in [4.69, 9.17) is 28.2 Å². The van der Waals surface area contributed by atoms with Gasteiger partial charge < -0.3 is 14.1 Å². The van der Waals surface area contributed by atoms with Crippen molar-refractivity contribution >= 4 is 46.9 Å². The molecule has 0 atom stereocenters. The van der Waals surface area contributed by atoms with Gasteiger partial charge in [-0.2, -0.15) is 0 Å². The molecule has 1 aromatic heterocycles. The van der Waals surface area contributed by atoms with Crippen molar-refractivity contribution in [3.63, 3.8) is 0 Å². The number of thiocarbonyl (C=S) groups is 1. The van der Waals surface area contributed by atoms with Gasteiger partial charge in [0.2, 0.25) is 0 Å². The van der Waals surface area contributed by atoms with Crippen molar-refractivity contribution in [2.45, 2.75) is 0 Å². The van der Waals surface area contributed by atoms with E-state index in [0.717, 1.165) is 5.56 Å². The topological polar surface area (TPSA) is 63.0 Å². The number of rotatable bonds is 4. The van der Waals surface area contributed by atoms with Crippen molar-refractivity contribution in [3.05, 3.63) is 52.9 Å². The van der Waals surface area contributed by atoms with Crippen LogP contribution in [0.5, 0.6) is 0 Å². The summed E-state index contributed by atoms with van der Waals surface area (Å²) in [7, 11) is 2.83. The summed E-state index contributed by atoms with van der Waals surface area (Å²) in [4.78, 5) is 26.8. The number of hydrogen-bond acceptors (Lipinski definition) is 5. The Kier molecular flexibility index (Phi) is 5.11. The molecule has 1 aromatic carbocycles. The number of furan rings is 1. The summed E-state index contributed by atoms with van der Waals surface area (Å²) in [5, 5.41) is 0.866. The summed E-state index contributed by atoms with van der Waals surface area (Å²) < 4.78 is 10.5. The maximum Gasteiger partial charge on any atom is 0.325 e. The molecular formula is C18H15ClN2O4S. The molecule has 134 valence electrons. The van der Waals surface area contributed by atoms with E-state index >= 15 is 0 Å². The highest BCUT2D eigenvalue weighted by molar-refractivity contribution is 7.80. The van der Waals surface area contributed by atoms with E-state index in [1.165, 1.54) is 16.9 Å². The maximum atomic E-state index is 12.4. The van der Waals surface area contributed by atoms with Crippen LogP contribution in [0, 0.1) is 0 Å². The Morgan fingerprint density at radius 2 is 1.96 bits per heavy atom. The number of carbonyl (C=O) groups is 2. The number of benzene rings is 1. The van der Waals surface area contributed by atoms with Crippen molar-refractivity contribution < 1.29 is 18.7 Å². The predicted octanol–water partition coefficient (Wildman–Crippen LogP) is 3.17. The quantitative estimate of drug-likeness (QED) is 0.454. The Labute approximate surface area is 160 Å². The number of methoxy groups -OCH3 is 1. The lowest BCUT2D eigenvalue weighted by atomic mass is 10.2. The molecule has 1 fully saturated rings. The molecule has 6 nitrogen and oxygen atoms in total. The van der Waals surface area contributed by atoms with Gasteiger partial charge in [0.1, 0.15) is 23.8 Å². The molecule has 0 bridgehead atoms. The summed E-state index contributed by atoms with van der Waals surface area (Å²) in [6.45, 7) is -0.151. The van der Waals surface area contributed by atoms with Gasteiger partial charge in [-0.05, 0) is 48.6 Å². The molecule has 0 radical (unpaired) electrons. The average molecular weight is 391 g/mol. The van der Waals surface area contributed by atoms with Crippen LogP contribution < -0.4 is 0 Å². The van der Waals surface area contributed by atoms with Crippen LogP contribution >= 0.6 is 23.8 Å². The largest absolute Gasteiger partial charge is 0.468 e. The van der Waals surface area contributed by atoms with Crippen molar-refractivity contribution in [1.82, 2.24) is 9.80 Å². The van der Waals surface area contributed by atoms with E-state index in [2.05, 4.69) is 4.74 Å². The minimum absolute atomic E-state index is 0.151. The fourth-order valence-electron chi connectivity index (χ4n) is 2.48. The van der Waals surface area contributed by atoms with Crippen LogP contribution in [0.15, 0.2) is 46.5 Å². The van der Waals surface area contributed by atoms with E-state index < -0.39 is 5.97 Å². The average Bonchev–Trinajstić information content (AvgIpc) is 3.18. The van der Waals surface area contributed by atoms with Gasteiger partial charge in [-0.1, -0.05) is 11.6 Å². The molecular weight excluding hydrogens is 376 g/mol. The zero-order valence-electron chi connectivity index (χ0n) is 14.1. The number of carbonyl (C=O) groups excluding carboxylic acids is 2. The molecule has 1 aliphatic rings. The van der Waals surface area contributed by atoms with Crippen molar-refractivity contribution in [3.8, 4) is 11.3 Å². The molecule has 0 saturated carbocycles. The molecule has 1 aliphatic heterocycles. The van der Waals surface area contributed by atoms with Gasteiger partial charge in [0.05, 0.1) is 7.11 Å². The van der Waals surface area contributed by atoms with Gasteiger partial charge >= 0.3 is 5.97 Å². The summed E-state index contributed by atoms with van der Waals surface area (Å²) >= 11 is 11.1. The highest BCUT2D eigenvalue weighted by Crippen LogP contribution is 2.27. The molecule has 26 heavy (non-hydrogen) atoms. The Bertz CT molecular complexity index is 904. The van der Waals surface area contributed by atoms with Crippen LogP contribution in [-0.2, 0) is 14.3 Å². The molecule has 0 aliphatic carbocycles. The van der Waals surface area contributed by atoms with Crippen LogP contribution in [0.2, 0.25) is 5.02 Å². The third-order valence-electron chi connectivity index (χ3n) is 3.88. The second-order valence-electron chi connectivity index (χ2n) is 5.55. The molecule has 1 saturated heterocycles. The van der Waals surface area contributed by atoms with Crippen LogP contribution in [0.3, 0.4) is 0 Å². The molecule has 2 heterocycles. The number of ether oxygens (including phenoxy) is 1. The fourth-order valence-corrected chi connectivity index (χ4v) is 2.85. The number of nitrogens with zero attached hydrogens (tertiary/aromatic N) is 2. The minimum Gasteiger partial charge on any atom is -0.468 e. The van der Waals surface area contributed by atoms with Crippen LogP contribution in [0.25, 0.3) is 17.4 Å². The van der Waals surface area contributed by atoms with Gasteiger partial charge in [0, 0.05) is 23.7 Å². The van der Waals surface area contributed by atoms with E-state index in [1.807, 2.05) is 12.1 Å². The van der Waals surface area contributed by atoms with Crippen molar-refractivity contribution in [2.24, 2.45) is 0 Å². The zero-order valence-corrected chi connectivity index (χ0v) is 15.6. The van der Waals surface area contributed by atoms with Gasteiger partial charge in [-0.25, -0.2) is 0 Å². The predicted molar refractivity (Wildman–Crippen MR) is 101 cm³/mol. The number of hydrogen-bond donors (Lipinski definition) is 0. The standard InChI is InChI=1S/C18H15ClN2O4S/c1-20-17(23)14(21(18(20)26)10-16(22)24-2)9-13-7-8-15(25-13)11-3-5-12(19)6-4-11/h3-9H,10H2,1-2H3/b14-9-. The van der Waals surface area contributed by atoms with Crippen LogP contribution in [0.4, 0.5) is 0 Å². The minimum atomic E-state index is -0.498. The summed E-state index contributed by atoms with van der Waals surface area (Å²) in [5.74, 6) is 0.284. The first-order valence-electron chi connectivity index (χ1n) is 7.64. The number of halogens is 1. The molecule has 3 rings (SSSR count). The number of amides is 1. The van der Waals surface area contributed by atoms with Crippen LogP contribution in [-0.4, -0.2) is 47.5 Å². The molecule has 2 aromatic rings. The Morgan fingerprint density at radius 1 is 1.27 bits per heavy atom. The van der Waals surface area contributed by atoms with Crippen molar-refractivity contribution in [1.29, 1.82) is 0 Å². The van der Waals surface area contributed by atoms with Crippen LogP contribution in [0.1, 0.15) is 5.76 Å². The van der Waals surface area contributed by atoms with E-state index in [0.29, 0.717) is 16.5 Å². The Morgan fingerprint density at radius 3 is 2.62 bits per heavy atom. The molecule has 0 spiro atoms. The van der Waals surface area contributed by atoms with Gasteiger partial charge in [-0.15, -0.1) is 0 Å². The van der Waals surface area contributed by atoms with Gasteiger partial charge in [0.15, 0.2) is 5.11 Å². The lowest BCUT2D eigenvalue weighted by Gasteiger charge is -2.16. The smallest absolute Gasteiger partial charge is 0.325 e. The first kappa shape index (κ1) is 18.2. The molecule has 1 amide bonds. The molecule has 8 heteroatoms. The first-order valence-corrected chi connectivity index (χ1v) is 8.43. The third kappa shape index (κ3) is 3.49. The number of likely N-dealkylation sites (N-methyl/N-ethyl adjacent to an activating group) is 1. The van der Waals surface area contributed by atoms with Gasteiger partial charge in [0.25, 0.3) is 5.91 Å². The Hall–Kier alpha value is -2.64. The molecule has 0 unspecified atom stereocenters. The lowest BCUT2D eigenvalue weighted by Crippen LogP contribution is -2.33. The summed E-state index contributed by atoms with van der Waals surface area (Å²) in [6, 6.07) is 10.7. The highest BCUT2D eigenvalue weighted by atomic mass is 35.5. The lowest BCUT2D eigenvalue weighted by molar-refractivity contribution is -0.140. The number of esters is 1. The first-order chi connectivity index (χ1) is 12.4. The summed E-state index contributed by atoms with van der Waals surface area (Å²) in [5.41, 5.74) is 1.11. The third-order valence-corrected chi connectivity index (χ3v) is 4.63. The Balaban J connectivity index is 1.92. The summed E-state index contributed by atoms with van der Waals surface area (Å²) in [6.07, 6.45) is 1.56. The van der Waals surface area contributed by atoms with E-state index in [9.17, 15) is 9.59 Å². The second-order valence-corrected chi connectivity index (χ2v) is 6.35. The van der Waals surface area contributed by atoms with E-state index in [-0.39, 0.29) is 23.3 Å².